The molecule has 1 amide bonds. The van der Waals surface area contributed by atoms with E-state index < -0.39 is 22.0 Å². The minimum Gasteiger partial charge on any atom is -0.494 e. The van der Waals surface area contributed by atoms with Gasteiger partial charge in [-0.05, 0) is 69.2 Å². The molecule has 1 N–H and O–H groups in total. The van der Waals surface area contributed by atoms with Gasteiger partial charge in [0, 0.05) is 0 Å². The minimum atomic E-state index is -3.67. The van der Waals surface area contributed by atoms with Gasteiger partial charge in [0.15, 0.2) is 0 Å². The van der Waals surface area contributed by atoms with Crippen molar-refractivity contribution in [2.24, 2.45) is 0 Å². The summed E-state index contributed by atoms with van der Waals surface area (Å²) in [5.74, 6) is 0.999. The summed E-state index contributed by atoms with van der Waals surface area (Å²) in [6.07, 6.45) is 1.08. The van der Waals surface area contributed by atoms with Crippen LogP contribution in [0.2, 0.25) is 0 Å². The lowest BCUT2D eigenvalue weighted by Crippen LogP contribution is -2.48. The van der Waals surface area contributed by atoms with Gasteiger partial charge < -0.3 is 14.8 Å². The smallest absolute Gasteiger partial charge is 0.243 e. The zero-order valence-corrected chi connectivity index (χ0v) is 19.0. The largest absolute Gasteiger partial charge is 0.494 e. The Kier molecular flexibility index (Phi) is 8.11. The topological polar surface area (TPSA) is 84.9 Å². The van der Waals surface area contributed by atoms with Gasteiger partial charge in [0.25, 0.3) is 0 Å². The maximum atomic E-state index is 12.6. The Balaban J connectivity index is 2.00. The number of benzene rings is 2. The van der Waals surface area contributed by atoms with Crippen molar-refractivity contribution < 1.29 is 22.7 Å². The zero-order valence-electron chi connectivity index (χ0n) is 18.1. The molecule has 0 spiro atoms. The van der Waals surface area contributed by atoms with Gasteiger partial charge in [0.05, 0.1) is 25.1 Å². The van der Waals surface area contributed by atoms with Crippen LogP contribution >= 0.6 is 0 Å². The Hall–Kier alpha value is -2.74. The quantitative estimate of drug-likeness (QED) is 0.581. The molecule has 7 nitrogen and oxygen atoms in total. The molecule has 8 heteroatoms. The van der Waals surface area contributed by atoms with Crippen LogP contribution in [-0.2, 0) is 14.8 Å². The van der Waals surface area contributed by atoms with Gasteiger partial charge in [-0.25, -0.2) is 8.42 Å². The summed E-state index contributed by atoms with van der Waals surface area (Å²) in [7, 11) is -3.67. The lowest BCUT2D eigenvalue weighted by molar-refractivity contribution is -0.121. The first-order valence-corrected chi connectivity index (χ1v) is 11.7. The molecule has 1 atom stereocenters. The van der Waals surface area contributed by atoms with Crippen LogP contribution in [0.3, 0.4) is 0 Å². The van der Waals surface area contributed by atoms with E-state index in [1.165, 1.54) is 0 Å². The fourth-order valence-corrected chi connectivity index (χ4v) is 4.19. The predicted molar refractivity (Wildman–Crippen MR) is 119 cm³/mol. The fourth-order valence-electron chi connectivity index (χ4n) is 3.01. The number of sulfonamides is 1. The highest BCUT2D eigenvalue weighted by atomic mass is 32.2. The van der Waals surface area contributed by atoms with Crippen molar-refractivity contribution in [1.82, 2.24) is 5.32 Å². The monoisotopic (exact) mass is 434 g/mol. The van der Waals surface area contributed by atoms with E-state index in [9.17, 15) is 13.2 Å². The van der Waals surface area contributed by atoms with Crippen molar-refractivity contribution in [1.29, 1.82) is 0 Å². The summed E-state index contributed by atoms with van der Waals surface area (Å²) in [6, 6.07) is 11.6. The minimum absolute atomic E-state index is 0.261. The second kappa shape index (κ2) is 10.3. The second-order valence-electron chi connectivity index (χ2n) is 7.07. The van der Waals surface area contributed by atoms with E-state index >= 15 is 0 Å². The molecule has 0 unspecified atom stereocenters. The fraction of sp³-hybridized carbons (Fsp3) is 0.409. The molecule has 0 aliphatic rings. The van der Waals surface area contributed by atoms with Crippen LogP contribution in [0.15, 0.2) is 42.5 Å². The van der Waals surface area contributed by atoms with Crippen LogP contribution in [0.1, 0.15) is 25.0 Å². The van der Waals surface area contributed by atoms with E-state index in [1.54, 1.807) is 31.2 Å². The van der Waals surface area contributed by atoms with E-state index in [0.717, 1.165) is 27.4 Å². The number of amides is 1. The van der Waals surface area contributed by atoms with Gasteiger partial charge in [0.1, 0.15) is 24.1 Å². The van der Waals surface area contributed by atoms with Crippen molar-refractivity contribution in [2.75, 3.05) is 30.3 Å². The Labute approximate surface area is 179 Å². The highest BCUT2D eigenvalue weighted by molar-refractivity contribution is 7.92. The third kappa shape index (κ3) is 6.38. The Bertz CT molecular complexity index is 958. The number of nitrogens with one attached hydrogen (secondary N) is 1. The van der Waals surface area contributed by atoms with Crippen LogP contribution in [0.5, 0.6) is 11.5 Å². The van der Waals surface area contributed by atoms with Gasteiger partial charge in [-0.1, -0.05) is 12.1 Å². The molecule has 2 rings (SSSR count). The number of nitrogens with zero attached hydrogens (tertiary/aromatic N) is 1. The molecule has 0 aliphatic carbocycles. The van der Waals surface area contributed by atoms with Crippen molar-refractivity contribution in [3.05, 3.63) is 53.6 Å². The van der Waals surface area contributed by atoms with Gasteiger partial charge in [-0.3, -0.25) is 9.10 Å². The molecular weight excluding hydrogens is 404 g/mol. The summed E-state index contributed by atoms with van der Waals surface area (Å²) in [5, 5.41) is 2.75. The molecular formula is C22H30N2O5S. The molecule has 30 heavy (non-hydrogen) atoms. The van der Waals surface area contributed by atoms with Crippen LogP contribution in [-0.4, -0.2) is 46.4 Å². The van der Waals surface area contributed by atoms with Crippen LogP contribution < -0.4 is 19.1 Å². The van der Waals surface area contributed by atoms with E-state index in [2.05, 4.69) is 5.32 Å². The van der Waals surface area contributed by atoms with Gasteiger partial charge >= 0.3 is 0 Å². The standard InChI is InChI=1S/C22H30N2O5S/c1-6-28-20-11-9-19(10-12-20)24(30(5,26)27)18(4)22(25)23-13-14-29-21-15-16(2)7-8-17(21)3/h7-12,15,18H,6,13-14H2,1-5H3,(H,23,25)/t18-/m0/s1. The third-order valence-corrected chi connectivity index (χ3v) is 5.73. The first kappa shape index (κ1) is 23.5. The van der Waals surface area contributed by atoms with Crippen molar-refractivity contribution in [3.63, 3.8) is 0 Å². The molecule has 0 saturated heterocycles. The maximum Gasteiger partial charge on any atom is 0.243 e. The molecule has 164 valence electrons. The van der Waals surface area contributed by atoms with Gasteiger partial charge in [-0.15, -0.1) is 0 Å². The normalized spacial score (nSPS) is 12.2. The molecule has 0 fully saturated rings. The molecule has 2 aromatic carbocycles. The highest BCUT2D eigenvalue weighted by Crippen LogP contribution is 2.24. The van der Waals surface area contributed by atoms with Crippen molar-refractivity contribution in [2.45, 2.75) is 33.7 Å². The summed E-state index contributed by atoms with van der Waals surface area (Å²) in [5.41, 5.74) is 2.50. The number of hydrogen-bond donors (Lipinski definition) is 1. The van der Waals surface area contributed by atoms with Gasteiger partial charge in [-0.2, -0.15) is 0 Å². The number of rotatable bonds is 10. The molecule has 0 saturated carbocycles. The molecule has 0 heterocycles. The molecule has 0 radical (unpaired) electrons. The predicted octanol–water partition coefficient (Wildman–Crippen LogP) is 3.05. The lowest BCUT2D eigenvalue weighted by atomic mass is 10.1. The highest BCUT2D eigenvalue weighted by Gasteiger charge is 2.29. The Morgan fingerprint density at radius 1 is 1.10 bits per heavy atom. The number of carbonyl (C=O) groups is 1. The lowest BCUT2D eigenvalue weighted by Gasteiger charge is -2.28. The van der Waals surface area contributed by atoms with E-state index in [4.69, 9.17) is 9.47 Å². The average Bonchev–Trinajstić information content (AvgIpc) is 2.68. The summed E-state index contributed by atoms with van der Waals surface area (Å²) < 4.78 is 37.0. The molecule has 0 aliphatic heterocycles. The molecule has 0 bridgehead atoms. The average molecular weight is 435 g/mol. The van der Waals surface area contributed by atoms with Gasteiger partial charge in [0.2, 0.25) is 15.9 Å². The SMILES string of the molecule is CCOc1ccc(N([C@@H](C)C(=O)NCCOc2cc(C)ccc2C)S(C)(=O)=O)cc1. The maximum absolute atomic E-state index is 12.6. The third-order valence-electron chi connectivity index (χ3n) is 4.49. The molecule has 2 aromatic rings. The number of ether oxygens (including phenoxy) is 2. The number of aryl methyl sites for hydroxylation is 2. The summed E-state index contributed by atoms with van der Waals surface area (Å²) in [4.78, 5) is 12.6. The number of carbonyl (C=O) groups excluding carboxylic acids is 1. The van der Waals surface area contributed by atoms with Crippen molar-refractivity contribution >= 4 is 21.6 Å². The second-order valence-corrected chi connectivity index (χ2v) is 8.93. The zero-order chi connectivity index (χ0) is 22.3. The summed E-state index contributed by atoms with van der Waals surface area (Å²) in [6.45, 7) is 8.42. The number of hydrogen-bond acceptors (Lipinski definition) is 5. The van der Waals surface area contributed by atoms with E-state index in [1.807, 2.05) is 39.0 Å². The van der Waals surface area contributed by atoms with Crippen LogP contribution in [0.25, 0.3) is 0 Å². The first-order chi connectivity index (χ1) is 14.1. The Morgan fingerprint density at radius 2 is 1.77 bits per heavy atom. The van der Waals surface area contributed by atoms with Crippen LogP contribution in [0.4, 0.5) is 5.69 Å². The van der Waals surface area contributed by atoms with Crippen LogP contribution in [0, 0.1) is 13.8 Å². The van der Waals surface area contributed by atoms with E-state index in [0.29, 0.717) is 18.0 Å². The van der Waals surface area contributed by atoms with E-state index in [-0.39, 0.29) is 13.2 Å². The summed E-state index contributed by atoms with van der Waals surface area (Å²) >= 11 is 0. The van der Waals surface area contributed by atoms with Crippen molar-refractivity contribution in [3.8, 4) is 11.5 Å². The first-order valence-electron chi connectivity index (χ1n) is 9.83. The molecule has 0 aromatic heterocycles. The Morgan fingerprint density at radius 3 is 2.37 bits per heavy atom. The number of anilines is 1.